The maximum absolute atomic E-state index is 12.8. The number of rotatable bonds is 7. The molecule has 1 aliphatic rings. The van der Waals surface area contributed by atoms with E-state index in [9.17, 15) is 18.0 Å². The Morgan fingerprint density at radius 1 is 1.06 bits per heavy atom. The predicted octanol–water partition coefficient (Wildman–Crippen LogP) is 5.17. The zero-order valence-corrected chi connectivity index (χ0v) is 18.8. The summed E-state index contributed by atoms with van der Waals surface area (Å²) >= 11 is 1.36. The van der Waals surface area contributed by atoms with Gasteiger partial charge in [-0.1, -0.05) is 42.5 Å². The number of benzene rings is 2. The van der Waals surface area contributed by atoms with Crippen LogP contribution in [0.1, 0.15) is 40.0 Å². The number of hydrogen-bond acceptors (Lipinski definition) is 5. The highest BCUT2D eigenvalue weighted by molar-refractivity contribution is 7.13. The molecular weight excluding hydrogens is 449 g/mol. The minimum Gasteiger partial charge on any atom is -0.359 e. The first-order chi connectivity index (χ1) is 15.9. The second-order valence-electron chi connectivity index (χ2n) is 8.10. The molecule has 0 unspecified atom stereocenters. The molecule has 5 nitrogen and oxygen atoms in total. The highest BCUT2D eigenvalue weighted by Crippen LogP contribution is 2.29. The average molecular weight is 475 g/mol. The van der Waals surface area contributed by atoms with E-state index in [1.807, 2.05) is 6.07 Å². The third-order valence-electron chi connectivity index (χ3n) is 5.61. The number of likely N-dealkylation sites (tertiary alicyclic amines) is 1. The average Bonchev–Trinajstić information content (AvgIpc) is 3.28. The molecule has 3 aromatic rings. The summed E-state index contributed by atoms with van der Waals surface area (Å²) in [6, 6.07) is 15.6. The number of nitrogens with one attached hydrogen (secondary N) is 2. The van der Waals surface area contributed by atoms with Crippen LogP contribution in [0.3, 0.4) is 0 Å². The van der Waals surface area contributed by atoms with Gasteiger partial charge < -0.3 is 10.6 Å². The van der Waals surface area contributed by atoms with E-state index in [0.717, 1.165) is 44.6 Å². The number of anilines is 1. The summed E-state index contributed by atoms with van der Waals surface area (Å²) in [7, 11) is 0. The Morgan fingerprint density at radius 2 is 1.79 bits per heavy atom. The third-order valence-corrected chi connectivity index (χ3v) is 6.38. The quantitative estimate of drug-likeness (QED) is 0.496. The summed E-state index contributed by atoms with van der Waals surface area (Å²) in [4.78, 5) is 19.2. The van der Waals surface area contributed by atoms with Gasteiger partial charge in [-0.3, -0.25) is 9.69 Å². The fourth-order valence-electron chi connectivity index (χ4n) is 3.83. The van der Waals surface area contributed by atoms with Crippen molar-refractivity contribution in [3.63, 3.8) is 0 Å². The van der Waals surface area contributed by atoms with Crippen LogP contribution >= 0.6 is 11.3 Å². The molecule has 33 heavy (non-hydrogen) atoms. The van der Waals surface area contributed by atoms with E-state index >= 15 is 0 Å². The van der Waals surface area contributed by atoms with Crippen molar-refractivity contribution in [2.75, 3.05) is 18.4 Å². The summed E-state index contributed by atoms with van der Waals surface area (Å²) in [5, 5.41) is 8.40. The maximum atomic E-state index is 12.8. The molecule has 4 rings (SSSR count). The van der Waals surface area contributed by atoms with Crippen LogP contribution in [0.2, 0.25) is 0 Å². The Kier molecular flexibility index (Phi) is 7.29. The number of aromatic nitrogens is 1. The van der Waals surface area contributed by atoms with E-state index in [1.165, 1.54) is 23.0 Å². The molecule has 1 saturated heterocycles. The Balaban J connectivity index is 1.24. The molecule has 1 aliphatic heterocycles. The number of hydrogen-bond donors (Lipinski definition) is 2. The lowest BCUT2D eigenvalue weighted by Gasteiger charge is -2.32. The van der Waals surface area contributed by atoms with Crippen LogP contribution in [0.4, 0.5) is 18.3 Å². The summed E-state index contributed by atoms with van der Waals surface area (Å²) in [6.07, 6.45) is -2.43. The molecule has 0 aliphatic carbocycles. The molecular formula is C24H25F3N4OS. The molecule has 0 spiro atoms. The van der Waals surface area contributed by atoms with Crippen LogP contribution in [0, 0.1) is 0 Å². The molecule has 1 fully saturated rings. The Labute approximate surface area is 194 Å². The smallest absolute Gasteiger partial charge is 0.359 e. The van der Waals surface area contributed by atoms with E-state index in [2.05, 4.69) is 44.8 Å². The van der Waals surface area contributed by atoms with Gasteiger partial charge in [0.15, 0.2) is 5.13 Å². The molecule has 9 heteroatoms. The molecule has 1 aromatic heterocycles. The zero-order chi connectivity index (χ0) is 23.3. The van der Waals surface area contributed by atoms with E-state index in [1.54, 1.807) is 11.4 Å². The van der Waals surface area contributed by atoms with Crippen molar-refractivity contribution in [1.29, 1.82) is 0 Å². The van der Waals surface area contributed by atoms with Gasteiger partial charge in [-0.2, -0.15) is 13.2 Å². The van der Waals surface area contributed by atoms with Crippen molar-refractivity contribution in [3.05, 3.63) is 82.4 Å². The normalized spacial score (nSPS) is 15.4. The minimum atomic E-state index is -4.41. The van der Waals surface area contributed by atoms with Crippen LogP contribution in [0.5, 0.6) is 0 Å². The number of amides is 1. The summed E-state index contributed by atoms with van der Waals surface area (Å²) in [5.74, 6) is -0.408. The fourth-order valence-corrected chi connectivity index (χ4v) is 4.60. The topological polar surface area (TPSA) is 57.3 Å². The molecule has 0 atom stereocenters. The van der Waals surface area contributed by atoms with Crippen LogP contribution in [-0.4, -0.2) is 34.9 Å². The van der Waals surface area contributed by atoms with Gasteiger partial charge in [-0.25, -0.2) is 4.98 Å². The molecule has 0 saturated carbocycles. The van der Waals surface area contributed by atoms with Crippen LogP contribution in [0.25, 0.3) is 0 Å². The van der Waals surface area contributed by atoms with Gasteiger partial charge in [-0.05, 0) is 36.1 Å². The van der Waals surface area contributed by atoms with Gasteiger partial charge in [0.05, 0.1) is 5.56 Å². The monoisotopic (exact) mass is 474 g/mol. The van der Waals surface area contributed by atoms with Gasteiger partial charge >= 0.3 is 6.18 Å². The Hall–Kier alpha value is -2.91. The van der Waals surface area contributed by atoms with Gasteiger partial charge in [-0.15, -0.1) is 11.3 Å². The number of halogens is 3. The van der Waals surface area contributed by atoms with Crippen molar-refractivity contribution < 1.29 is 18.0 Å². The second-order valence-corrected chi connectivity index (χ2v) is 8.96. The van der Waals surface area contributed by atoms with E-state index in [0.29, 0.717) is 16.7 Å². The van der Waals surface area contributed by atoms with E-state index in [4.69, 9.17) is 0 Å². The first-order valence-electron chi connectivity index (χ1n) is 10.8. The minimum absolute atomic E-state index is 0.00289. The third kappa shape index (κ3) is 6.55. The van der Waals surface area contributed by atoms with Crippen molar-refractivity contribution in [3.8, 4) is 0 Å². The largest absolute Gasteiger partial charge is 0.416 e. The van der Waals surface area contributed by atoms with Crippen molar-refractivity contribution >= 4 is 22.4 Å². The summed E-state index contributed by atoms with van der Waals surface area (Å²) in [6.45, 7) is 2.93. The lowest BCUT2D eigenvalue weighted by molar-refractivity contribution is -0.137. The van der Waals surface area contributed by atoms with Gasteiger partial charge in [0.2, 0.25) is 0 Å². The van der Waals surface area contributed by atoms with Gasteiger partial charge in [0.25, 0.3) is 5.91 Å². The lowest BCUT2D eigenvalue weighted by atomic mass is 10.0. The van der Waals surface area contributed by atoms with Gasteiger partial charge in [0.1, 0.15) is 5.69 Å². The molecule has 2 heterocycles. The Morgan fingerprint density at radius 3 is 2.52 bits per heavy atom. The van der Waals surface area contributed by atoms with Gasteiger partial charge in [0, 0.05) is 37.6 Å². The predicted molar refractivity (Wildman–Crippen MR) is 123 cm³/mol. The second kappa shape index (κ2) is 10.4. The van der Waals surface area contributed by atoms with Crippen LogP contribution < -0.4 is 10.6 Å². The number of alkyl halides is 3. The maximum Gasteiger partial charge on any atom is 0.416 e. The first kappa shape index (κ1) is 23.3. The molecule has 2 aromatic carbocycles. The number of thiazole rings is 1. The molecule has 2 N–H and O–H groups in total. The van der Waals surface area contributed by atoms with E-state index < -0.39 is 17.6 Å². The van der Waals surface area contributed by atoms with Crippen LogP contribution in [0.15, 0.2) is 60.0 Å². The highest BCUT2D eigenvalue weighted by Gasteiger charge is 2.30. The van der Waals surface area contributed by atoms with Crippen molar-refractivity contribution in [2.24, 2.45) is 0 Å². The molecule has 174 valence electrons. The summed E-state index contributed by atoms with van der Waals surface area (Å²) < 4.78 is 38.5. The summed E-state index contributed by atoms with van der Waals surface area (Å²) in [5.41, 5.74) is 1.22. The molecule has 0 bridgehead atoms. The molecule has 1 amide bonds. The Bertz CT molecular complexity index is 1060. The van der Waals surface area contributed by atoms with Crippen LogP contribution in [-0.2, 0) is 19.3 Å². The zero-order valence-electron chi connectivity index (χ0n) is 17.9. The van der Waals surface area contributed by atoms with Crippen molar-refractivity contribution in [2.45, 2.75) is 38.1 Å². The number of piperidine rings is 1. The van der Waals surface area contributed by atoms with Crippen molar-refractivity contribution in [1.82, 2.24) is 15.2 Å². The SMILES string of the molecule is O=C(NCc1cccc(C(F)(F)F)c1)c1csc(NC2CCN(Cc3ccccc3)CC2)n1. The fraction of sp³-hybridized carbons (Fsp3) is 0.333. The number of nitrogens with zero attached hydrogens (tertiary/aromatic N) is 2. The first-order valence-corrected chi connectivity index (χ1v) is 11.7. The standard InChI is InChI=1S/C24H25F3N4OS/c25-24(26,27)19-8-4-7-18(13-19)14-28-22(32)21-16-33-23(30-21)29-20-9-11-31(12-10-20)15-17-5-2-1-3-6-17/h1-8,13,16,20H,9-12,14-15H2,(H,28,32)(H,29,30). The number of carbonyl (C=O) groups is 1. The lowest BCUT2D eigenvalue weighted by Crippen LogP contribution is -2.38. The van der Waals surface area contributed by atoms with E-state index in [-0.39, 0.29) is 12.2 Å². The number of carbonyl (C=O) groups excluding carboxylic acids is 1. The highest BCUT2D eigenvalue weighted by atomic mass is 32.1. The molecule has 0 radical (unpaired) electrons.